The number of carbonyl (C=O) groups is 1. The molecule has 0 saturated carbocycles. The van der Waals surface area contributed by atoms with Crippen LogP contribution in [0.2, 0.25) is 0 Å². The summed E-state index contributed by atoms with van der Waals surface area (Å²) in [6.45, 7) is 6.74. The first kappa shape index (κ1) is 19.8. The molecule has 0 saturated heterocycles. The molecule has 0 aliphatic heterocycles. The first-order valence-electron chi connectivity index (χ1n) is 8.72. The standard InChI is InChI=1S/C21H27NO4/c1-14(2)20(21(23)24)22-12-16-9-10-18(19(11-16)25-4)26-13-17-8-6-5-7-15(17)3/h5-11,14,20,22H,12-13H2,1-4H3,(H,23,24). The summed E-state index contributed by atoms with van der Waals surface area (Å²) in [6, 6.07) is 13.2. The molecule has 5 nitrogen and oxygen atoms in total. The van der Waals surface area contributed by atoms with Crippen LogP contribution < -0.4 is 14.8 Å². The van der Waals surface area contributed by atoms with Crippen molar-refractivity contribution in [2.75, 3.05) is 7.11 Å². The second-order valence-corrected chi connectivity index (χ2v) is 6.64. The van der Waals surface area contributed by atoms with Gasteiger partial charge in [0, 0.05) is 6.54 Å². The Labute approximate surface area is 155 Å². The minimum Gasteiger partial charge on any atom is -0.493 e. The molecule has 0 bridgehead atoms. The van der Waals surface area contributed by atoms with Crippen molar-refractivity contribution in [3.8, 4) is 11.5 Å². The van der Waals surface area contributed by atoms with Crippen LogP contribution in [0.5, 0.6) is 11.5 Å². The third kappa shape index (κ3) is 5.23. The van der Waals surface area contributed by atoms with E-state index in [9.17, 15) is 9.90 Å². The van der Waals surface area contributed by atoms with E-state index >= 15 is 0 Å². The Kier molecular flexibility index (Phi) is 7.04. The van der Waals surface area contributed by atoms with Crippen LogP contribution in [0.1, 0.15) is 30.5 Å². The van der Waals surface area contributed by atoms with E-state index < -0.39 is 12.0 Å². The second kappa shape index (κ2) is 9.25. The summed E-state index contributed by atoms with van der Waals surface area (Å²) in [5, 5.41) is 12.3. The number of rotatable bonds is 9. The quantitative estimate of drug-likeness (QED) is 0.715. The van der Waals surface area contributed by atoms with Crippen LogP contribution in [0.3, 0.4) is 0 Å². The van der Waals surface area contributed by atoms with Gasteiger partial charge in [-0.25, -0.2) is 0 Å². The second-order valence-electron chi connectivity index (χ2n) is 6.64. The minimum absolute atomic E-state index is 0.00566. The molecule has 26 heavy (non-hydrogen) atoms. The van der Waals surface area contributed by atoms with Gasteiger partial charge in [0.05, 0.1) is 7.11 Å². The maximum atomic E-state index is 11.3. The van der Waals surface area contributed by atoms with Gasteiger partial charge in [-0.3, -0.25) is 4.79 Å². The molecule has 2 aromatic carbocycles. The van der Waals surface area contributed by atoms with Gasteiger partial charge in [-0.15, -0.1) is 0 Å². The molecular formula is C21H27NO4. The van der Waals surface area contributed by atoms with E-state index in [-0.39, 0.29) is 5.92 Å². The van der Waals surface area contributed by atoms with E-state index in [2.05, 4.69) is 18.3 Å². The van der Waals surface area contributed by atoms with Gasteiger partial charge in [0.15, 0.2) is 11.5 Å². The van der Waals surface area contributed by atoms with Crippen LogP contribution in [0.4, 0.5) is 0 Å². The molecule has 0 fully saturated rings. The topological polar surface area (TPSA) is 67.8 Å². The van der Waals surface area contributed by atoms with Gasteiger partial charge in [0.25, 0.3) is 0 Å². The first-order chi connectivity index (χ1) is 12.4. The van der Waals surface area contributed by atoms with Crippen LogP contribution >= 0.6 is 0 Å². The number of carboxylic acids is 1. The zero-order chi connectivity index (χ0) is 19.1. The SMILES string of the molecule is COc1cc(CNC(C(=O)O)C(C)C)ccc1OCc1ccccc1C. The van der Waals surface area contributed by atoms with Gasteiger partial charge < -0.3 is 19.9 Å². The van der Waals surface area contributed by atoms with Crippen LogP contribution in [0, 0.1) is 12.8 Å². The number of hydrogen-bond donors (Lipinski definition) is 2. The van der Waals surface area contributed by atoms with Crippen molar-refractivity contribution < 1.29 is 19.4 Å². The summed E-state index contributed by atoms with van der Waals surface area (Å²) in [5.74, 6) is 0.462. The molecule has 0 spiro atoms. The average molecular weight is 357 g/mol. The molecule has 0 aliphatic rings. The molecular weight excluding hydrogens is 330 g/mol. The highest BCUT2D eigenvalue weighted by Crippen LogP contribution is 2.29. The van der Waals surface area contributed by atoms with E-state index in [1.807, 2.05) is 50.2 Å². The summed E-state index contributed by atoms with van der Waals surface area (Å²) in [7, 11) is 1.60. The molecule has 2 aromatic rings. The number of nitrogens with one attached hydrogen (secondary N) is 1. The van der Waals surface area contributed by atoms with Crippen molar-refractivity contribution in [1.82, 2.24) is 5.32 Å². The van der Waals surface area contributed by atoms with Crippen LogP contribution in [0.15, 0.2) is 42.5 Å². The zero-order valence-corrected chi connectivity index (χ0v) is 15.8. The molecule has 0 heterocycles. The van der Waals surface area contributed by atoms with E-state index in [1.165, 1.54) is 5.56 Å². The summed E-state index contributed by atoms with van der Waals surface area (Å²) >= 11 is 0. The predicted octanol–water partition coefficient (Wildman–Crippen LogP) is 3.78. The molecule has 0 aliphatic carbocycles. The maximum absolute atomic E-state index is 11.3. The van der Waals surface area contributed by atoms with Crippen molar-refractivity contribution in [2.45, 2.75) is 40.0 Å². The van der Waals surface area contributed by atoms with Gasteiger partial charge in [-0.1, -0.05) is 44.2 Å². The molecule has 140 valence electrons. The fourth-order valence-corrected chi connectivity index (χ4v) is 2.70. The lowest BCUT2D eigenvalue weighted by atomic mass is 10.0. The summed E-state index contributed by atoms with van der Waals surface area (Å²) < 4.78 is 11.3. The smallest absolute Gasteiger partial charge is 0.320 e. The lowest BCUT2D eigenvalue weighted by Crippen LogP contribution is -2.40. The Morgan fingerprint density at radius 1 is 1.15 bits per heavy atom. The number of ether oxygens (including phenoxy) is 2. The molecule has 0 aromatic heterocycles. The van der Waals surface area contributed by atoms with Crippen molar-refractivity contribution in [3.63, 3.8) is 0 Å². The fourth-order valence-electron chi connectivity index (χ4n) is 2.70. The van der Waals surface area contributed by atoms with Gasteiger partial charge >= 0.3 is 5.97 Å². The number of benzene rings is 2. The van der Waals surface area contributed by atoms with Gasteiger partial charge in [-0.2, -0.15) is 0 Å². The van der Waals surface area contributed by atoms with E-state index in [0.717, 1.165) is 11.1 Å². The highest BCUT2D eigenvalue weighted by molar-refractivity contribution is 5.73. The monoisotopic (exact) mass is 357 g/mol. The van der Waals surface area contributed by atoms with Crippen molar-refractivity contribution in [2.24, 2.45) is 5.92 Å². The maximum Gasteiger partial charge on any atom is 0.320 e. The lowest BCUT2D eigenvalue weighted by Gasteiger charge is -2.18. The first-order valence-corrected chi connectivity index (χ1v) is 8.72. The zero-order valence-electron chi connectivity index (χ0n) is 15.8. The van der Waals surface area contributed by atoms with Crippen molar-refractivity contribution in [1.29, 1.82) is 0 Å². The summed E-state index contributed by atoms with van der Waals surface area (Å²) in [6.07, 6.45) is 0. The molecule has 2 rings (SSSR count). The number of hydrogen-bond acceptors (Lipinski definition) is 4. The third-order valence-electron chi connectivity index (χ3n) is 4.33. The van der Waals surface area contributed by atoms with Crippen LogP contribution in [-0.2, 0) is 17.9 Å². The molecule has 5 heteroatoms. The Bertz CT molecular complexity index is 743. The molecule has 0 radical (unpaired) electrons. The summed E-state index contributed by atoms with van der Waals surface area (Å²) in [4.78, 5) is 11.3. The number of aliphatic carboxylic acids is 1. The predicted molar refractivity (Wildman–Crippen MR) is 102 cm³/mol. The van der Waals surface area contributed by atoms with Gasteiger partial charge in [0.2, 0.25) is 0 Å². The average Bonchev–Trinajstić information content (AvgIpc) is 2.61. The Morgan fingerprint density at radius 3 is 2.50 bits per heavy atom. The minimum atomic E-state index is -0.842. The highest BCUT2D eigenvalue weighted by atomic mass is 16.5. The van der Waals surface area contributed by atoms with Crippen molar-refractivity contribution >= 4 is 5.97 Å². The van der Waals surface area contributed by atoms with Crippen molar-refractivity contribution in [3.05, 3.63) is 59.2 Å². The Hall–Kier alpha value is -2.53. The van der Waals surface area contributed by atoms with E-state index in [0.29, 0.717) is 24.7 Å². The fraction of sp³-hybridized carbons (Fsp3) is 0.381. The number of carboxylic acid groups (broad SMARTS) is 1. The van der Waals surface area contributed by atoms with Gasteiger partial charge in [-0.05, 0) is 41.7 Å². The van der Waals surface area contributed by atoms with Gasteiger partial charge in [0.1, 0.15) is 12.6 Å². The molecule has 1 atom stereocenters. The molecule has 2 N–H and O–H groups in total. The molecule has 1 unspecified atom stereocenters. The molecule has 0 amide bonds. The van der Waals surface area contributed by atoms with E-state index in [4.69, 9.17) is 9.47 Å². The normalized spacial score (nSPS) is 12.0. The lowest BCUT2D eigenvalue weighted by molar-refractivity contribution is -0.140. The third-order valence-corrected chi connectivity index (χ3v) is 4.33. The Morgan fingerprint density at radius 2 is 1.88 bits per heavy atom. The summed E-state index contributed by atoms with van der Waals surface area (Å²) in [5.41, 5.74) is 3.25. The van der Waals surface area contributed by atoms with Crippen LogP contribution in [0.25, 0.3) is 0 Å². The largest absolute Gasteiger partial charge is 0.493 e. The number of methoxy groups -OCH3 is 1. The number of aryl methyl sites for hydroxylation is 1. The highest BCUT2D eigenvalue weighted by Gasteiger charge is 2.20. The Balaban J connectivity index is 2.05. The van der Waals surface area contributed by atoms with E-state index in [1.54, 1.807) is 7.11 Å². The van der Waals surface area contributed by atoms with Crippen LogP contribution in [-0.4, -0.2) is 24.2 Å².